The van der Waals surface area contributed by atoms with Gasteiger partial charge < -0.3 is 11.2 Å². The van der Waals surface area contributed by atoms with Crippen molar-refractivity contribution in [3.63, 3.8) is 0 Å². The van der Waals surface area contributed by atoms with Crippen molar-refractivity contribution in [2.75, 3.05) is 0 Å². The molecular weight excluding hydrogens is 342 g/mol. The Morgan fingerprint density at radius 3 is 1.96 bits per heavy atom. The Hall–Kier alpha value is -1.38. The zero-order valence-corrected chi connectivity index (χ0v) is 18.5. The predicted molar refractivity (Wildman–Crippen MR) is 125 cm³/mol. The molecule has 0 fully saturated rings. The number of rotatable bonds is 13. The van der Waals surface area contributed by atoms with Crippen molar-refractivity contribution in [1.82, 2.24) is 0 Å². The first-order valence-electron chi connectivity index (χ1n) is 11.4. The Kier molecular flexibility index (Phi) is 11.4. The van der Waals surface area contributed by atoms with Gasteiger partial charge in [0.25, 0.3) is 0 Å². The van der Waals surface area contributed by atoms with E-state index in [2.05, 4.69) is 63.2 Å². The summed E-state index contributed by atoms with van der Waals surface area (Å²) < 4.78 is 0. The lowest BCUT2D eigenvalue weighted by Gasteiger charge is -2.37. The van der Waals surface area contributed by atoms with E-state index in [1.54, 1.807) is 0 Å². The van der Waals surface area contributed by atoms with Crippen LogP contribution in [0.4, 0.5) is 0 Å². The van der Waals surface area contributed by atoms with Crippen LogP contribution in [0.5, 0.6) is 0 Å². The van der Waals surface area contributed by atoms with E-state index in [0.717, 1.165) is 12.8 Å². The molecule has 0 bridgehead atoms. The molecule has 0 aliphatic heterocycles. The number of unbranched alkanes of at least 4 members (excludes halogenated alkanes) is 7. The number of hydrogen-bond donors (Lipinski definition) is 1. The molecule has 0 saturated heterocycles. The second kappa shape index (κ2) is 13.0. The van der Waals surface area contributed by atoms with E-state index in [1.165, 1.54) is 74.1 Å². The molecule has 0 aliphatic rings. The Labute approximate surface area is 173 Å². The number of fused-ring (bicyclic) bond motifs is 1. The lowest BCUT2D eigenvalue weighted by atomic mass is 9.72. The lowest BCUT2D eigenvalue weighted by Crippen LogP contribution is -2.44. The lowest BCUT2D eigenvalue weighted by molar-refractivity contribution is 0.301. The molecule has 158 valence electrons. The Balaban J connectivity index is 0.00000392. The fourth-order valence-corrected chi connectivity index (χ4v) is 4.53. The normalized spacial score (nSPS) is 12.7. The summed E-state index contributed by atoms with van der Waals surface area (Å²) in [6, 6.07) is 15.6. The Bertz CT molecular complexity index is 657. The van der Waals surface area contributed by atoms with Gasteiger partial charge in [0.1, 0.15) is 0 Å². The smallest absolute Gasteiger partial charge is 0.0218 e. The Morgan fingerprint density at radius 1 is 0.750 bits per heavy atom. The highest BCUT2D eigenvalue weighted by Gasteiger charge is 2.33. The fourth-order valence-electron chi connectivity index (χ4n) is 4.53. The topological polar surface area (TPSA) is 57.5 Å². The van der Waals surface area contributed by atoms with Crippen LogP contribution in [0.1, 0.15) is 103 Å². The van der Waals surface area contributed by atoms with Crippen molar-refractivity contribution in [2.45, 2.75) is 103 Å². The first-order chi connectivity index (χ1) is 13.2. The maximum Gasteiger partial charge on any atom is 0.0218 e. The van der Waals surface area contributed by atoms with Gasteiger partial charge in [-0.05, 0) is 35.6 Å². The second-order valence-corrected chi connectivity index (χ2v) is 8.32. The quantitative estimate of drug-likeness (QED) is 0.366. The minimum Gasteiger partial charge on any atom is -0.412 e. The third-order valence-electron chi connectivity index (χ3n) is 6.56. The second-order valence-electron chi connectivity index (χ2n) is 8.32. The molecule has 0 heterocycles. The van der Waals surface area contributed by atoms with Crippen LogP contribution >= 0.6 is 0 Å². The van der Waals surface area contributed by atoms with Crippen LogP contribution in [0.25, 0.3) is 10.8 Å². The molecule has 2 nitrogen and oxygen atoms in total. The van der Waals surface area contributed by atoms with Crippen LogP contribution in [-0.4, -0.2) is 11.0 Å². The molecule has 1 unspecified atom stereocenters. The van der Waals surface area contributed by atoms with Crippen LogP contribution in [0.2, 0.25) is 0 Å². The van der Waals surface area contributed by atoms with Crippen molar-refractivity contribution >= 4 is 10.8 Å². The molecule has 0 aliphatic carbocycles. The van der Waals surface area contributed by atoms with Gasteiger partial charge >= 0.3 is 0 Å². The summed E-state index contributed by atoms with van der Waals surface area (Å²) in [5, 5.41) is 2.73. The van der Waals surface area contributed by atoms with Gasteiger partial charge in [0.05, 0.1) is 0 Å². The minimum absolute atomic E-state index is 0. The summed E-state index contributed by atoms with van der Waals surface area (Å²) >= 11 is 0. The van der Waals surface area contributed by atoms with Gasteiger partial charge in [-0.2, -0.15) is 0 Å². The molecule has 2 aromatic carbocycles. The van der Waals surface area contributed by atoms with Crippen LogP contribution in [0.3, 0.4) is 0 Å². The van der Waals surface area contributed by atoms with Crippen molar-refractivity contribution in [3.8, 4) is 0 Å². The standard InChI is InChI=1S/C26H41N.H2O/c1-4-7-8-9-10-11-12-13-21-25(26(27,5-2)6-3)24-20-16-18-22-17-14-15-19-23(22)24;/h14-20,25H,4-13,21,27H2,1-3H3;1H2. The number of hydrogen-bond acceptors (Lipinski definition) is 1. The predicted octanol–water partition coefficient (Wildman–Crippen LogP) is 7.15. The SMILES string of the molecule is CCCCCCCCCCC(c1cccc2ccccc12)C(N)(CC)CC.O. The molecule has 0 aromatic heterocycles. The maximum atomic E-state index is 6.96. The van der Waals surface area contributed by atoms with E-state index in [9.17, 15) is 0 Å². The van der Waals surface area contributed by atoms with Gasteiger partial charge in [0.15, 0.2) is 0 Å². The summed E-state index contributed by atoms with van der Waals surface area (Å²) in [7, 11) is 0. The third-order valence-corrected chi connectivity index (χ3v) is 6.56. The van der Waals surface area contributed by atoms with Gasteiger partial charge in [0, 0.05) is 11.5 Å². The van der Waals surface area contributed by atoms with Gasteiger partial charge in [-0.15, -0.1) is 0 Å². The summed E-state index contributed by atoms with van der Waals surface area (Å²) in [5.41, 5.74) is 8.31. The summed E-state index contributed by atoms with van der Waals surface area (Å²) in [6.07, 6.45) is 14.2. The van der Waals surface area contributed by atoms with E-state index in [1.807, 2.05) is 0 Å². The molecule has 2 aromatic rings. The van der Waals surface area contributed by atoms with E-state index in [0.29, 0.717) is 5.92 Å². The molecule has 0 saturated carbocycles. The highest BCUT2D eigenvalue weighted by molar-refractivity contribution is 5.86. The van der Waals surface area contributed by atoms with Gasteiger partial charge in [0.2, 0.25) is 0 Å². The molecule has 2 heteroatoms. The first kappa shape index (κ1) is 24.7. The molecular formula is C26H43NO. The van der Waals surface area contributed by atoms with Crippen molar-refractivity contribution < 1.29 is 5.48 Å². The molecule has 4 N–H and O–H groups in total. The summed E-state index contributed by atoms with van der Waals surface area (Å²) in [4.78, 5) is 0. The first-order valence-corrected chi connectivity index (χ1v) is 11.4. The maximum absolute atomic E-state index is 6.96. The van der Waals surface area contributed by atoms with E-state index in [-0.39, 0.29) is 11.0 Å². The minimum atomic E-state index is -0.106. The highest BCUT2D eigenvalue weighted by atomic mass is 16.0. The molecule has 28 heavy (non-hydrogen) atoms. The van der Waals surface area contributed by atoms with Crippen LogP contribution in [0, 0.1) is 0 Å². The molecule has 0 amide bonds. The van der Waals surface area contributed by atoms with E-state index < -0.39 is 0 Å². The van der Waals surface area contributed by atoms with Crippen LogP contribution < -0.4 is 5.73 Å². The van der Waals surface area contributed by atoms with Gasteiger partial charge in [-0.25, -0.2) is 0 Å². The number of nitrogens with two attached hydrogens (primary N) is 1. The Morgan fingerprint density at radius 2 is 1.32 bits per heavy atom. The zero-order valence-electron chi connectivity index (χ0n) is 18.5. The molecule has 2 rings (SSSR count). The molecule has 1 atom stereocenters. The number of benzene rings is 2. The monoisotopic (exact) mass is 385 g/mol. The average Bonchev–Trinajstić information content (AvgIpc) is 2.72. The van der Waals surface area contributed by atoms with Crippen molar-refractivity contribution in [3.05, 3.63) is 48.0 Å². The van der Waals surface area contributed by atoms with Gasteiger partial charge in [-0.3, -0.25) is 0 Å². The zero-order chi connectivity index (χ0) is 19.5. The largest absolute Gasteiger partial charge is 0.412 e. The van der Waals surface area contributed by atoms with E-state index >= 15 is 0 Å². The van der Waals surface area contributed by atoms with Crippen LogP contribution in [-0.2, 0) is 0 Å². The molecule has 0 radical (unpaired) electrons. The van der Waals surface area contributed by atoms with Crippen molar-refractivity contribution in [1.29, 1.82) is 0 Å². The van der Waals surface area contributed by atoms with Gasteiger partial charge in [-0.1, -0.05) is 115 Å². The third kappa shape index (κ3) is 6.60. The summed E-state index contributed by atoms with van der Waals surface area (Å²) in [5.74, 6) is 0.443. The van der Waals surface area contributed by atoms with Crippen molar-refractivity contribution in [2.24, 2.45) is 5.73 Å². The highest BCUT2D eigenvalue weighted by Crippen LogP contribution is 2.39. The fraction of sp³-hybridized carbons (Fsp3) is 0.615. The van der Waals surface area contributed by atoms with Crippen LogP contribution in [0.15, 0.2) is 42.5 Å². The average molecular weight is 386 g/mol. The summed E-state index contributed by atoms with van der Waals surface area (Å²) in [6.45, 7) is 6.80. The molecule has 0 spiro atoms. The van der Waals surface area contributed by atoms with E-state index in [4.69, 9.17) is 5.73 Å².